The van der Waals surface area contributed by atoms with Gasteiger partial charge in [-0.25, -0.2) is 0 Å². The van der Waals surface area contributed by atoms with Gasteiger partial charge in [0.15, 0.2) is 0 Å². The Morgan fingerprint density at radius 1 is 1.03 bits per heavy atom. The average Bonchev–Trinajstić information content (AvgIpc) is 2.94. The van der Waals surface area contributed by atoms with Gasteiger partial charge in [-0.3, -0.25) is 19.3 Å². The van der Waals surface area contributed by atoms with Gasteiger partial charge in [0.05, 0.1) is 28.2 Å². The predicted octanol–water partition coefficient (Wildman–Crippen LogP) is 5.09. The van der Waals surface area contributed by atoms with Crippen molar-refractivity contribution < 1.29 is 14.4 Å². The molecule has 0 spiro atoms. The molecule has 1 fully saturated rings. The van der Waals surface area contributed by atoms with Gasteiger partial charge in [0, 0.05) is 10.6 Å². The third kappa shape index (κ3) is 3.68. The molecule has 4 rings (SSSR count). The molecule has 1 saturated heterocycles. The number of halogens is 2. The molecular formula is C22H18Cl2N2O3. The maximum Gasteiger partial charge on any atom is 0.255 e. The van der Waals surface area contributed by atoms with Crippen molar-refractivity contribution in [1.82, 2.24) is 0 Å². The fourth-order valence-electron chi connectivity index (χ4n) is 3.84. The van der Waals surface area contributed by atoms with Crippen LogP contribution in [0.2, 0.25) is 10.0 Å². The summed E-state index contributed by atoms with van der Waals surface area (Å²) in [7, 11) is 0. The summed E-state index contributed by atoms with van der Waals surface area (Å²) in [6.07, 6.45) is 3.25. The maximum absolute atomic E-state index is 12.8. The van der Waals surface area contributed by atoms with Gasteiger partial charge in [-0.1, -0.05) is 34.9 Å². The Labute approximate surface area is 178 Å². The molecule has 1 heterocycles. The van der Waals surface area contributed by atoms with Crippen LogP contribution in [0.25, 0.3) is 0 Å². The number of carbonyl (C=O) groups excluding carboxylic acids is 3. The van der Waals surface area contributed by atoms with Gasteiger partial charge in [0.25, 0.3) is 5.91 Å². The minimum Gasteiger partial charge on any atom is -0.321 e. The lowest BCUT2D eigenvalue weighted by molar-refractivity contribution is -0.122. The highest BCUT2D eigenvalue weighted by Crippen LogP contribution is 2.39. The average molecular weight is 429 g/mol. The summed E-state index contributed by atoms with van der Waals surface area (Å²) >= 11 is 12.0. The van der Waals surface area contributed by atoms with Crippen LogP contribution >= 0.6 is 23.2 Å². The first-order valence-electron chi connectivity index (χ1n) is 9.25. The molecular weight excluding hydrogens is 411 g/mol. The normalized spacial score (nSPS) is 21.1. The second-order valence-electron chi connectivity index (χ2n) is 7.34. The first-order chi connectivity index (χ1) is 13.8. The van der Waals surface area contributed by atoms with Gasteiger partial charge in [-0.2, -0.15) is 0 Å². The molecule has 7 heteroatoms. The zero-order valence-corrected chi connectivity index (χ0v) is 17.1. The van der Waals surface area contributed by atoms with Crippen LogP contribution in [0, 0.1) is 11.8 Å². The lowest BCUT2D eigenvalue weighted by Gasteiger charge is -2.18. The van der Waals surface area contributed by atoms with E-state index in [0.717, 1.165) is 5.57 Å². The van der Waals surface area contributed by atoms with E-state index in [2.05, 4.69) is 5.32 Å². The van der Waals surface area contributed by atoms with Crippen LogP contribution < -0.4 is 10.2 Å². The maximum atomic E-state index is 12.8. The Morgan fingerprint density at radius 3 is 2.41 bits per heavy atom. The molecule has 0 bridgehead atoms. The first-order valence-corrected chi connectivity index (χ1v) is 10.0. The van der Waals surface area contributed by atoms with E-state index in [1.54, 1.807) is 42.5 Å². The zero-order chi connectivity index (χ0) is 20.7. The first kappa shape index (κ1) is 19.7. The van der Waals surface area contributed by atoms with Gasteiger partial charge >= 0.3 is 0 Å². The second kappa shape index (κ2) is 7.65. The summed E-state index contributed by atoms with van der Waals surface area (Å²) in [5.74, 6) is -1.27. The molecule has 2 aromatic rings. The minimum absolute atomic E-state index is 0.169. The number of rotatable bonds is 3. The van der Waals surface area contributed by atoms with Crippen molar-refractivity contribution in [3.63, 3.8) is 0 Å². The highest BCUT2D eigenvalue weighted by Gasteiger charge is 2.48. The number of imide groups is 1. The molecule has 148 valence electrons. The number of amides is 3. The third-order valence-corrected chi connectivity index (χ3v) is 5.94. The van der Waals surface area contributed by atoms with Crippen molar-refractivity contribution in [1.29, 1.82) is 0 Å². The van der Waals surface area contributed by atoms with Crippen LogP contribution in [0.1, 0.15) is 30.1 Å². The van der Waals surface area contributed by atoms with E-state index in [1.807, 2.05) is 13.0 Å². The Hall–Kier alpha value is -2.63. The summed E-state index contributed by atoms with van der Waals surface area (Å²) in [5.41, 5.74) is 2.45. The van der Waals surface area contributed by atoms with Crippen molar-refractivity contribution in [3.05, 3.63) is 69.7 Å². The molecule has 1 aliphatic carbocycles. The number of hydrogen-bond donors (Lipinski definition) is 1. The van der Waals surface area contributed by atoms with Crippen LogP contribution in [0.15, 0.2) is 54.1 Å². The quantitative estimate of drug-likeness (QED) is 0.546. The number of benzene rings is 2. The van der Waals surface area contributed by atoms with Gasteiger partial charge in [-0.05, 0) is 62.2 Å². The van der Waals surface area contributed by atoms with E-state index < -0.39 is 0 Å². The summed E-state index contributed by atoms with van der Waals surface area (Å²) < 4.78 is 0. The Balaban J connectivity index is 1.51. The van der Waals surface area contributed by atoms with Gasteiger partial charge in [0.1, 0.15) is 0 Å². The number of anilines is 2. The van der Waals surface area contributed by atoms with E-state index in [-0.39, 0.29) is 29.6 Å². The lowest BCUT2D eigenvalue weighted by Crippen LogP contribution is -2.30. The number of fused-ring (bicyclic) bond motifs is 1. The summed E-state index contributed by atoms with van der Waals surface area (Å²) in [6.45, 7) is 1.98. The van der Waals surface area contributed by atoms with E-state index in [4.69, 9.17) is 23.2 Å². The van der Waals surface area contributed by atoms with Crippen LogP contribution in [0.5, 0.6) is 0 Å². The molecule has 0 aromatic heterocycles. The molecule has 2 aliphatic rings. The molecule has 1 aliphatic heterocycles. The Bertz CT molecular complexity index is 1050. The van der Waals surface area contributed by atoms with Crippen LogP contribution in [0.4, 0.5) is 11.4 Å². The number of hydrogen-bond acceptors (Lipinski definition) is 3. The van der Waals surface area contributed by atoms with Crippen molar-refractivity contribution in [2.45, 2.75) is 19.8 Å². The van der Waals surface area contributed by atoms with Crippen LogP contribution in [-0.2, 0) is 9.59 Å². The largest absolute Gasteiger partial charge is 0.321 e. The molecule has 29 heavy (non-hydrogen) atoms. The lowest BCUT2D eigenvalue weighted by atomic mass is 9.82. The van der Waals surface area contributed by atoms with E-state index in [1.165, 1.54) is 4.90 Å². The van der Waals surface area contributed by atoms with E-state index in [9.17, 15) is 14.4 Å². The Morgan fingerprint density at radius 2 is 1.72 bits per heavy atom. The molecule has 2 aromatic carbocycles. The fourth-order valence-corrected chi connectivity index (χ4v) is 4.29. The van der Waals surface area contributed by atoms with Gasteiger partial charge in [0.2, 0.25) is 11.8 Å². The highest BCUT2D eigenvalue weighted by molar-refractivity contribution is 6.36. The molecule has 5 nitrogen and oxygen atoms in total. The fraction of sp³-hybridized carbons (Fsp3) is 0.227. The minimum atomic E-state index is -0.353. The smallest absolute Gasteiger partial charge is 0.255 e. The van der Waals surface area contributed by atoms with E-state index in [0.29, 0.717) is 39.8 Å². The molecule has 1 N–H and O–H groups in total. The predicted molar refractivity (Wildman–Crippen MR) is 113 cm³/mol. The molecule has 0 radical (unpaired) electrons. The second-order valence-corrected chi connectivity index (χ2v) is 8.18. The highest BCUT2D eigenvalue weighted by atomic mass is 35.5. The van der Waals surface area contributed by atoms with Crippen LogP contribution in [-0.4, -0.2) is 17.7 Å². The number of carbonyl (C=O) groups is 3. The summed E-state index contributed by atoms with van der Waals surface area (Å²) in [4.78, 5) is 39.3. The van der Waals surface area contributed by atoms with Gasteiger partial charge < -0.3 is 5.32 Å². The van der Waals surface area contributed by atoms with Crippen molar-refractivity contribution >= 4 is 52.3 Å². The molecule has 0 saturated carbocycles. The third-order valence-electron chi connectivity index (χ3n) is 5.39. The summed E-state index contributed by atoms with van der Waals surface area (Å²) in [5, 5.41) is 3.53. The number of allylic oxidation sites excluding steroid dienone is 2. The molecule has 3 amide bonds. The monoisotopic (exact) mass is 428 g/mol. The van der Waals surface area contributed by atoms with Crippen LogP contribution in [0.3, 0.4) is 0 Å². The van der Waals surface area contributed by atoms with Crippen molar-refractivity contribution in [3.8, 4) is 0 Å². The molecule has 2 atom stereocenters. The van der Waals surface area contributed by atoms with Crippen molar-refractivity contribution in [2.24, 2.45) is 11.8 Å². The van der Waals surface area contributed by atoms with E-state index >= 15 is 0 Å². The molecule has 0 unspecified atom stereocenters. The number of nitrogens with one attached hydrogen (secondary N) is 1. The Kier molecular flexibility index (Phi) is 5.19. The number of nitrogens with zero attached hydrogens (tertiary/aromatic N) is 1. The SMILES string of the molecule is CC1=CC[C@H]2C(=O)N(c3ccc(C(=O)Nc4ccc(Cl)cc4Cl)cc3)C(=O)[C@H]2C1. The van der Waals surface area contributed by atoms with Gasteiger partial charge in [-0.15, -0.1) is 0 Å². The standard InChI is InChI=1S/C22H18Cl2N2O3/c1-12-2-8-16-17(10-12)22(29)26(21(16)28)15-6-3-13(4-7-15)20(27)25-19-9-5-14(23)11-18(19)24/h2-7,9,11,16-17H,8,10H2,1H3,(H,25,27)/t16-,17+/m1/s1. The topological polar surface area (TPSA) is 66.5 Å². The zero-order valence-electron chi connectivity index (χ0n) is 15.6. The summed E-state index contributed by atoms with van der Waals surface area (Å²) in [6, 6.07) is 11.2. The van der Waals surface area contributed by atoms with Crippen molar-refractivity contribution in [2.75, 3.05) is 10.2 Å².